The van der Waals surface area contributed by atoms with Crippen LogP contribution in [-0.2, 0) is 4.79 Å². The fraction of sp³-hybridized carbons (Fsp3) is 0.955. The first-order valence-corrected chi connectivity index (χ1v) is 10.8. The maximum absolute atomic E-state index is 13.4. The highest BCUT2D eigenvalue weighted by atomic mass is 19.3. The van der Waals surface area contributed by atoms with Crippen LogP contribution >= 0.6 is 0 Å². The van der Waals surface area contributed by atoms with E-state index < -0.39 is 11.3 Å². The lowest BCUT2D eigenvalue weighted by Gasteiger charge is -2.44. The molecule has 156 valence electrons. The highest BCUT2D eigenvalue weighted by Gasteiger charge is 2.68. The van der Waals surface area contributed by atoms with Crippen LogP contribution in [0.25, 0.3) is 0 Å². The summed E-state index contributed by atoms with van der Waals surface area (Å²) in [6.07, 6.45) is 5.30. The molecular formula is C22H38F2N2O. The van der Waals surface area contributed by atoms with Crippen LogP contribution in [-0.4, -0.2) is 42.4 Å². The van der Waals surface area contributed by atoms with Crippen molar-refractivity contribution in [1.29, 1.82) is 0 Å². The van der Waals surface area contributed by atoms with Crippen LogP contribution in [0.3, 0.4) is 0 Å². The van der Waals surface area contributed by atoms with Crippen LogP contribution < -0.4 is 5.32 Å². The van der Waals surface area contributed by atoms with Crippen molar-refractivity contribution in [3.8, 4) is 0 Å². The van der Waals surface area contributed by atoms with Crippen molar-refractivity contribution in [2.24, 2.45) is 28.6 Å². The minimum atomic E-state index is -2.45. The van der Waals surface area contributed by atoms with E-state index in [1.807, 2.05) is 0 Å². The number of amides is 1. The molecule has 0 spiro atoms. The third-order valence-corrected chi connectivity index (χ3v) is 7.66. The Balaban J connectivity index is 1.32. The lowest BCUT2D eigenvalue weighted by Crippen LogP contribution is -2.44. The molecule has 0 aromatic heterocycles. The summed E-state index contributed by atoms with van der Waals surface area (Å²) in [5.74, 6) is -0.265. The van der Waals surface area contributed by atoms with Crippen LogP contribution in [0.15, 0.2) is 0 Å². The largest absolute Gasteiger partial charge is 0.353 e. The predicted octanol–water partition coefficient (Wildman–Crippen LogP) is 4.71. The van der Waals surface area contributed by atoms with Gasteiger partial charge in [0.25, 0.3) is 5.92 Å². The number of nitrogens with zero attached hydrogens (tertiary/aromatic N) is 1. The molecule has 3 fully saturated rings. The van der Waals surface area contributed by atoms with Gasteiger partial charge in [-0.2, -0.15) is 0 Å². The third kappa shape index (κ3) is 4.83. The zero-order valence-electron chi connectivity index (χ0n) is 17.8. The molecule has 0 radical (unpaired) electrons. The van der Waals surface area contributed by atoms with E-state index in [4.69, 9.17) is 0 Å². The lowest BCUT2D eigenvalue weighted by atomic mass is 9.65. The van der Waals surface area contributed by atoms with Gasteiger partial charge < -0.3 is 10.2 Å². The van der Waals surface area contributed by atoms with Gasteiger partial charge in [-0.3, -0.25) is 4.79 Å². The van der Waals surface area contributed by atoms with Crippen LogP contribution in [0.5, 0.6) is 0 Å². The maximum Gasteiger partial charge on any atom is 0.255 e. The summed E-state index contributed by atoms with van der Waals surface area (Å²) in [5.41, 5.74) is -0.688. The fourth-order valence-electron chi connectivity index (χ4n) is 4.81. The van der Waals surface area contributed by atoms with E-state index in [0.29, 0.717) is 18.9 Å². The molecular weight excluding hydrogens is 346 g/mol. The predicted molar refractivity (Wildman–Crippen MR) is 105 cm³/mol. The molecule has 2 aliphatic carbocycles. The van der Waals surface area contributed by atoms with Crippen molar-refractivity contribution >= 4 is 5.91 Å². The SMILES string of the molecule is C[C@@H](NC(=O)CC1CC(C2CCN(C[C@@]3(C)CC3(F)F)CC2)C1)C(C)(C)C. The summed E-state index contributed by atoms with van der Waals surface area (Å²) >= 11 is 0. The number of halogens is 2. The van der Waals surface area contributed by atoms with Gasteiger partial charge in [0, 0.05) is 30.8 Å². The first-order chi connectivity index (χ1) is 12.4. The second kappa shape index (κ2) is 7.27. The van der Waals surface area contributed by atoms with Crippen molar-refractivity contribution in [2.75, 3.05) is 19.6 Å². The molecule has 3 nitrogen and oxygen atoms in total. The summed E-state index contributed by atoms with van der Waals surface area (Å²) < 4.78 is 26.9. The average molecular weight is 385 g/mol. The Bertz CT molecular complexity index is 545. The van der Waals surface area contributed by atoms with Gasteiger partial charge in [-0.15, -0.1) is 0 Å². The van der Waals surface area contributed by atoms with Gasteiger partial charge in [0.05, 0.1) is 0 Å². The first-order valence-electron chi connectivity index (χ1n) is 10.8. The molecule has 1 heterocycles. The number of carbonyl (C=O) groups is 1. The van der Waals surface area contributed by atoms with E-state index in [0.717, 1.165) is 50.6 Å². The molecule has 5 heteroatoms. The molecule has 3 aliphatic rings. The number of nitrogens with one attached hydrogen (secondary N) is 1. The van der Waals surface area contributed by atoms with E-state index in [1.165, 1.54) is 0 Å². The van der Waals surface area contributed by atoms with Gasteiger partial charge in [-0.1, -0.05) is 27.7 Å². The summed E-state index contributed by atoms with van der Waals surface area (Å²) in [6, 6.07) is 0.186. The second-order valence-corrected chi connectivity index (χ2v) is 11.0. The lowest BCUT2D eigenvalue weighted by molar-refractivity contribution is -0.124. The van der Waals surface area contributed by atoms with Gasteiger partial charge in [-0.05, 0) is 68.9 Å². The Morgan fingerprint density at radius 3 is 2.22 bits per heavy atom. The molecule has 27 heavy (non-hydrogen) atoms. The topological polar surface area (TPSA) is 32.3 Å². The van der Waals surface area contributed by atoms with Crippen LogP contribution in [0, 0.1) is 28.6 Å². The van der Waals surface area contributed by atoms with E-state index in [9.17, 15) is 13.6 Å². The summed E-state index contributed by atoms with van der Waals surface area (Å²) in [4.78, 5) is 14.5. The van der Waals surface area contributed by atoms with E-state index >= 15 is 0 Å². The molecule has 1 aliphatic heterocycles. The van der Waals surface area contributed by atoms with E-state index in [2.05, 4.69) is 37.9 Å². The summed E-state index contributed by atoms with van der Waals surface area (Å²) in [6.45, 7) is 12.7. The molecule has 3 rings (SSSR count). The number of carbonyl (C=O) groups excluding carboxylic acids is 1. The van der Waals surface area contributed by atoms with Gasteiger partial charge in [0.2, 0.25) is 5.91 Å². The van der Waals surface area contributed by atoms with Gasteiger partial charge in [-0.25, -0.2) is 8.78 Å². The molecule has 2 atom stereocenters. The van der Waals surface area contributed by atoms with Gasteiger partial charge in [0.1, 0.15) is 0 Å². The number of alkyl halides is 2. The number of hydrogen-bond acceptors (Lipinski definition) is 2. The summed E-state index contributed by atoms with van der Waals surface area (Å²) in [5, 5.41) is 3.15. The fourth-order valence-corrected chi connectivity index (χ4v) is 4.81. The van der Waals surface area contributed by atoms with Crippen molar-refractivity contribution in [3.05, 3.63) is 0 Å². The highest BCUT2D eigenvalue weighted by Crippen LogP contribution is 2.60. The van der Waals surface area contributed by atoms with Crippen molar-refractivity contribution < 1.29 is 13.6 Å². The standard InChI is InChI=1S/C22H38F2N2O/c1-15(20(2,3)4)25-19(27)12-16-10-18(11-16)17-6-8-26(9-7-17)14-21(5)13-22(21,23)24/h15-18H,6-14H2,1-5H3,(H,25,27)/t15-,16?,18?,21-/m1/s1. The van der Waals surface area contributed by atoms with Gasteiger partial charge >= 0.3 is 0 Å². The normalized spacial score (nSPS) is 35.4. The maximum atomic E-state index is 13.4. The Kier molecular flexibility index (Phi) is 5.66. The minimum absolute atomic E-state index is 0.0557. The highest BCUT2D eigenvalue weighted by molar-refractivity contribution is 5.76. The quantitative estimate of drug-likeness (QED) is 0.719. The third-order valence-electron chi connectivity index (χ3n) is 7.66. The Morgan fingerprint density at radius 1 is 1.19 bits per heavy atom. The number of piperidine rings is 1. The summed E-state index contributed by atoms with van der Waals surface area (Å²) in [7, 11) is 0. The zero-order valence-corrected chi connectivity index (χ0v) is 17.8. The zero-order chi connectivity index (χ0) is 20.0. The van der Waals surface area contributed by atoms with Crippen molar-refractivity contribution in [3.63, 3.8) is 0 Å². The number of likely N-dealkylation sites (tertiary alicyclic amines) is 1. The Labute approximate surface area is 163 Å². The monoisotopic (exact) mass is 384 g/mol. The van der Waals surface area contributed by atoms with E-state index in [1.54, 1.807) is 6.92 Å². The van der Waals surface area contributed by atoms with Gasteiger partial charge in [0.15, 0.2) is 0 Å². The molecule has 1 N–H and O–H groups in total. The molecule has 2 saturated carbocycles. The van der Waals surface area contributed by atoms with Crippen LogP contribution in [0.1, 0.15) is 73.1 Å². The van der Waals surface area contributed by atoms with Crippen LogP contribution in [0.2, 0.25) is 0 Å². The minimum Gasteiger partial charge on any atom is -0.353 e. The Morgan fingerprint density at radius 2 is 1.74 bits per heavy atom. The average Bonchev–Trinajstić information content (AvgIpc) is 3.00. The number of hydrogen-bond donors (Lipinski definition) is 1. The Hall–Kier alpha value is -0.710. The van der Waals surface area contributed by atoms with Crippen LogP contribution in [0.4, 0.5) is 8.78 Å². The molecule has 0 unspecified atom stereocenters. The van der Waals surface area contributed by atoms with Crippen molar-refractivity contribution in [1.82, 2.24) is 10.2 Å². The smallest absolute Gasteiger partial charge is 0.255 e. The molecule has 0 bridgehead atoms. The first kappa shape index (κ1) is 21.0. The van der Waals surface area contributed by atoms with E-state index in [-0.39, 0.29) is 23.8 Å². The molecule has 1 saturated heterocycles. The molecule has 0 aromatic rings. The van der Waals surface area contributed by atoms with Crippen molar-refractivity contribution in [2.45, 2.75) is 85.1 Å². The molecule has 0 aromatic carbocycles. The second-order valence-electron chi connectivity index (χ2n) is 11.0. The molecule has 1 amide bonds. The number of rotatable bonds is 6.